The number of nitrogens with zero attached hydrogens (tertiary/aromatic N) is 2. The van der Waals surface area contributed by atoms with Crippen molar-refractivity contribution in [3.63, 3.8) is 0 Å². The summed E-state index contributed by atoms with van der Waals surface area (Å²) < 4.78 is 10.5. The van der Waals surface area contributed by atoms with Gasteiger partial charge in [0.1, 0.15) is 0 Å². The van der Waals surface area contributed by atoms with E-state index in [-0.39, 0.29) is 0 Å². The molecule has 0 aliphatic carbocycles. The van der Waals surface area contributed by atoms with Crippen LogP contribution in [0.5, 0.6) is 11.5 Å². The molecular weight excluding hydrogens is 242 g/mol. The van der Waals surface area contributed by atoms with E-state index in [4.69, 9.17) is 9.47 Å². The predicted octanol–water partition coefficient (Wildman–Crippen LogP) is 1.88. The highest BCUT2D eigenvalue weighted by atomic mass is 16.5. The quantitative estimate of drug-likeness (QED) is 0.888. The number of methoxy groups -OCH3 is 2. The third-order valence-electron chi connectivity index (χ3n) is 2.71. The van der Waals surface area contributed by atoms with Crippen molar-refractivity contribution in [3.8, 4) is 22.9 Å². The smallest absolute Gasteiger partial charge is 0.161 e. The van der Waals surface area contributed by atoms with Gasteiger partial charge in [-0.25, -0.2) is 9.97 Å². The molecule has 0 amide bonds. The fraction of sp³-hybridized carbons (Fsp3) is 0.286. The van der Waals surface area contributed by atoms with Crippen LogP contribution in [0.25, 0.3) is 11.4 Å². The maximum atomic E-state index is 5.28. The Kier molecular flexibility index (Phi) is 4.30. The molecule has 0 aliphatic rings. The molecule has 0 aliphatic heterocycles. The van der Waals surface area contributed by atoms with Gasteiger partial charge in [-0.15, -0.1) is 0 Å². The van der Waals surface area contributed by atoms with Gasteiger partial charge in [-0.2, -0.15) is 0 Å². The molecule has 0 fully saturated rings. The molecule has 0 radical (unpaired) electrons. The summed E-state index contributed by atoms with van der Waals surface area (Å²) in [6, 6.07) is 7.53. The minimum Gasteiger partial charge on any atom is -0.493 e. The molecule has 0 saturated carbocycles. The van der Waals surface area contributed by atoms with Gasteiger partial charge in [0.2, 0.25) is 0 Å². The molecule has 2 rings (SSSR count). The van der Waals surface area contributed by atoms with Gasteiger partial charge in [-0.05, 0) is 31.3 Å². The first kappa shape index (κ1) is 13.3. The number of benzene rings is 1. The maximum Gasteiger partial charge on any atom is 0.161 e. The largest absolute Gasteiger partial charge is 0.493 e. The van der Waals surface area contributed by atoms with Crippen LogP contribution in [-0.4, -0.2) is 31.2 Å². The second-order valence-corrected chi connectivity index (χ2v) is 3.97. The summed E-state index contributed by atoms with van der Waals surface area (Å²) in [4.78, 5) is 8.78. The Hall–Kier alpha value is -2.14. The number of nitrogens with one attached hydrogen (secondary N) is 1. The Bertz CT molecular complexity index is 558. The van der Waals surface area contributed by atoms with Gasteiger partial charge in [0.25, 0.3) is 0 Å². The minimum atomic E-state index is 0.669. The first-order valence-electron chi connectivity index (χ1n) is 5.97. The molecule has 2 aromatic rings. The van der Waals surface area contributed by atoms with Crippen molar-refractivity contribution in [2.45, 2.75) is 6.54 Å². The van der Waals surface area contributed by atoms with E-state index >= 15 is 0 Å². The monoisotopic (exact) mass is 259 g/mol. The Morgan fingerprint density at radius 2 is 1.89 bits per heavy atom. The van der Waals surface area contributed by atoms with Crippen LogP contribution in [0.4, 0.5) is 0 Å². The van der Waals surface area contributed by atoms with Gasteiger partial charge in [-0.1, -0.05) is 0 Å². The fourth-order valence-electron chi connectivity index (χ4n) is 1.79. The molecule has 1 aromatic carbocycles. The van der Waals surface area contributed by atoms with Crippen LogP contribution in [0.15, 0.2) is 30.5 Å². The Balaban J connectivity index is 2.38. The molecule has 0 spiro atoms. The average Bonchev–Trinajstić information content (AvgIpc) is 2.47. The highest BCUT2D eigenvalue weighted by Crippen LogP contribution is 2.30. The number of hydrogen-bond donors (Lipinski definition) is 1. The average molecular weight is 259 g/mol. The number of aromatic nitrogens is 2. The summed E-state index contributed by atoms with van der Waals surface area (Å²) in [5.74, 6) is 2.04. The van der Waals surface area contributed by atoms with Gasteiger partial charge in [-0.3, -0.25) is 0 Å². The molecule has 19 heavy (non-hydrogen) atoms. The summed E-state index contributed by atoms with van der Waals surface area (Å²) in [5, 5.41) is 3.07. The topological polar surface area (TPSA) is 56.3 Å². The molecule has 1 N–H and O–H groups in total. The normalized spacial score (nSPS) is 10.3. The van der Waals surface area contributed by atoms with Crippen LogP contribution in [0, 0.1) is 0 Å². The zero-order valence-electron chi connectivity index (χ0n) is 11.3. The highest BCUT2D eigenvalue weighted by Gasteiger charge is 2.08. The van der Waals surface area contributed by atoms with Gasteiger partial charge >= 0.3 is 0 Å². The second kappa shape index (κ2) is 6.15. The zero-order valence-corrected chi connectivity index (χ0v) is 11.3. The Morgan fingerprint density at radius 3 is 2.58 bits per heavy atom. The van der Waals surface area contributed by atoms with Crippen LogP contribution in [0.2, 0.25) is 0 Å². The van der Waals surface area contributed by atoms with Gasteiger partial charge in [0.05, 0.1) is 19.9 Å². The van der Waals surface area contributed by atoms with E-state index in [9.17, 15) is 0 Å². The van der Waals surface area contributed by atoms with Gasteiger partial charge < -0.3 is 14.8 Å². The maximum absolute atomic E-state index is 5.28. The third-order valence-corrected chi connectivity index (χ3v) is 2.71. The summed E-state index contributed by atoms with van der Waals surface area (Å²) in [5.41, 5.74) is 1.85. The van der Waals surface area contributed by atoms with Crippen molar-refractivity contribution < 1.29 is 9.47 Å². The number of rotatable bonds is 5. The van der Waals surface area contributed by atoms with Crippen molar-refractivity contribution in [1.82, 2.24) is 15.3 Å². The lowest BCUT2D eigenvalue weighted by molar-refractivity contribution is 0.355. The van der Waals surface area contributed by atoms with Crippen molar-refractivity contribution in [2.75, 3.05) is 21.3 Å². The zero-order chi connectivity index (χ0) is 13.7. The molecule has 0 bridgehead atoms. The van der Waals surface area contributed by atoms with Crippen molar-refractivity contribution in [2.24, 2.45) is 0 Å². The van der Waals surface area contributed by atoms with Crippen molar-refractivity contribution >= 4 is 0 Å². The minimum absolute atomic E-state index is 0.669. The number of hydrogen-bond acceptors (Lipinski definition) is 5. The first-order chi connectivity index (χ1) is 9.28. The first-order valence-corrected chi connectivity index (χ1v) is 5.97. The van der Waals surface area contributed by atoms with Gasteiger partial charge in [0, 0.05) is 18.3 Å². The second-order valence-electron chi connectivity index (χ2n) is 3.97. The van der Waals surface area contributed by atoms with E-state index in [0.29, 0.717) is 23.9 Å². The number of ether oxygens (including phenoxy) is 2. The summed E-state index contributed by atoms with van der Waals surface area (Å²) in [7, 11) is 5.11. The Morgan fingerprint density at radius 1 is 1.11 bits per heavy atom. The lowest BCUT2D eigenvalue weighted by Crippen LogP contribution is -2.07. The molecule has 0 unspecified atom stereocenters. The standard InChI is InChI=1S/C14H17N3O2/c1-15-9-11-6-7-16-14(17-11)10-4-5-12(18-2)13(8-10)19-3/h4-8,15H,9H2,1-3H3. The molecule has 1 heterocycles. The molecule has 1 aromatic heterocycles. The third kappa shape index (κ3) is 3.00. The van der Waals surface area contributed by atoms with E-state index in [1.165, 1.54) is 0 Å². The van der Waals surface area contributed by atoms with E-state index in [1.807, 2.05) is 31.3 Å². The Labute approximate surface area is 112 Å². The van der Waals surface area contributed by atoms with Crippen molar-refractivity contribution in [1.29, 1.82) is 0 Å². The molecule has 0 saturated heterocycles. The lowest BCUT2D eigenvalue weighted by atomic mass is 10.2. The molecule has 5 heteroatoms. The van der Waals surface area contributed by atoms with Crippen LogP contribution >= 0.6 is 0 Å². The summed E-state index contributed by atoms with van der Waals surface area (Å²) in [6.45, 7) is 0.711. The van der Waals surface area contributed by atoms with Crippen LogP contribution in [0.1, 0.15) is 5.69 Å². The van der Waals surface area contributed by atoms with Crippen LogP contribution in [-0.2, 0) is 6.54 Å². The van der Waals surface area contributed by atoms with Gasteiger partial charge in [0.15, 0.2) is 17.3 Å². The van der Waals surface area contributed by atoms with Crippen LogP contribution < -0.4 is 14.8 Å². The SMILES string of the molecule is CNCc1ccnc(-c2ccc(OC)c(OC)c2)n1. The van der Waals surface area contributed by atoms with E-state index < -0.39 is 0 Å². The molecule has 0 atom stereocenters. The highest BCUT2D eigenvalue weighted by molar-refractivity contribution is 5.61. The molecular formula is C14H17N3O2. The molecule has 100 valence electrons. The lowest BCUT2D eigenvalue weighted by Gasteiger charge is -2.09. The van der Waals surface area contributed by atoms with E-state index in [2.05, 4.69) is 15.3 Å². The fourth-order valence-corrected chi connectivity index (χ4v) is 1.79. The predicted molar refractivity (Wildman–Crippen MR) is 73.3 cm³/mol. The van der Waals surface area contributed by atoms with E-state index in [1.54, 1.807) is 20.4 Å². The summed E-state index contributed by atoms with van der Waals surface area (Å²) >= 11 is 0. The summed E-state index contributed by atoms with van der Waals surface area (Å²) in [6.07, 6.45) is 1.76. The van der Waals surface area contributed by atoms with Crippen molar-refractivity contribution in [3.05, 3.63) is 36.2 Å². The van der Waals surface area contributed by atoms with E-state index in [0.717, 1.165) is 11.3 Å². The van der Waals surface area contributed by atoms with Crippen LogP contribution in [0.3, 0.4) is 0 Å². The molecule has 5 nitrogen and oxygen atoms in total.